The van der Waals surface area contributed by atoms with Crippen molar-refractivity contribution in [2.24, 2.45) is 11.8 Å². The number of hydrogen-bond acceptors (Lipinski definition) is 5. The number of carbonyl (C=O) groups excluding carboxylic acids is 2. The minimum absolute atomic E-state index is 0.0759. The van der Waals surface area contributed by atoms with Crippen LogP contribution < -0.4 is 10.1 Å². The van der Waals surface area contributed by atoms with Gasteiger partial charge in [0.15, 0.2) is 0 Å². The third-order valence-corrected chi connectivity index (χ3v) is 6.38. The van der Waals surface area contributed by atoms with E-state index in [1.165, 1.54) is 30.3 Å². The fourth-order valence-electron chi connectivity index (χ4n) is 4.54. The van der Waals surface area contributed by atoms with Crippen molar-refractivity contribution in [2.75, 3.05) is 32.7 Å². The molecule has 1 aromatic heterocycles. The van der Waals surface area contributed by atoms with Gasteiger partial charge in [0.25, 0.3) is 0 Å². The molecule has 35 heavy (non-hydrogen) atoms. The predicted molar refractivity (Wildman–Crippen MR) is 120 cm³/mol. The number of nitrogens with zero attached hydrogens (tertiary/aromatic N) is 4. The Morgan fingerprint density at radius 2 is 1.80 bits per heavy atom. The van der Waals surface area contributed by atoms with E-state index in [1.54, 1.807) is 17.2 Å². The highest BCUT2D eigenvalue weighted by Gasteiger charge is 2.37. The highest BCUT2D eigenvalue weighted by atomic mass is 19.4. The number of amides is 3. The van der Waals surface area contributed by atoms with E-state index in [1.807, 2.05) is 4.90 Å². The number of fused-ring (bicyclic) bond motifs is 1. The van der Waals surface area contributed by atoms with Gasteiger partial charge in [-0.2, -0.15) is 0 Å². The number of nitrogens with one attached hydrogen (secondary N) is 2. The number of H-pyrrole nitrogens is 1. The molecule has 0 aliphatic carbocycles. The molecule has 2 fully saturated rings. The van der Waals surface area contributed by atoms with Crippen molar-refractivity contribution in [3.63, 3.8) is 0 Å². The first kappa shape index (κ1) is 24.6. The molecule has 12 heteroatoms. The van der Waals surface area contributed by atoms with Gasteiger partial charge in [-0.3, -0.25) is 9.89 Å². The molecule has 2 aliphatic rings. The summed E-state index contributed by atoms with van der Waals surface area (Å²) in [6.07, 6.45) is 2.18. The van der Waals surface area contributed by atoms with Crippen LogP contribution in [-0.4, -0.2) is 76.2 Å². The molecule has 2 aliphatic heterocycles. The molecule has 2 aromatic rings. The van der Waals surface area contributed by atoms with E-state index in [9.17, 15) is 22.8 Å². The van der Waals surface area contributed by atoms with Gasteiger partial charge in [0.05, 0.1) is 11.9 Å². The lowest BCUT2D eigenvalue weighted by molar-refractivity contribution is -0.274. The van der Waals surface area contributed by atoms with Crippen LogP contribution in [0.15, 0.2) is 36.5 Å². The van der Waals surface area contributed by atoms with Crippen LogP contribution >= 0.6 is 0 Å². The molecule has 9 nitrogen and oxygen atoms in total. The average Bonchev–Trinajstić information content (AvgIpc) is 3.43. The fraction of sp³-hybridized carbons (Fsp3) is 0.478. The summed E-state index contributed by atoms with van der Waals surface area (Å²) in [5, 5.41) is 13.1. The lowest BCUT2D eigenvalue weighted by atomic mass is 9.92. The first-order chi connectivity index (χ1) is 16.8. The molecule has 2 atom stereocenters. The van der Waals surface area contributed by atoms with Crippen LogP contribution in [0.2, 0.25) is 0 Å². The van der Waals surface area contributed by atoms with Gasteiger partial charge in [-0.25, -0.2) is 4.79 Å². The maximum atomic E-state index is 12.7. The second kappa shape index (κ2) is 10.8. The number of hydrogen-bond donors (Lipinski definition) is 2. The number of benzene rings is 1. The standard InChI is InChI=1S/C23H27F3N6O3/c24-23(25,26)35-20-4-1-16(2-5-20)3-6-21(33)31-11-8-17-14-32(15-18(17)9-12-31)22(34)27-10-7-19-13-28-30-29-19/h1-6,13,17-18H,7-12,14-15H2,(H,27,34)(H,28,29,30)/b6-3+. The molecular weight excluding hydrogens is 465 g/mol. The van der Waals surface area contributed by atoms with Gasteiger partial charge in [0, 0.05) is 45.2 Å². The number of aromatic amines is 1. The van der Waals surface area contributed by atoms with Crippen LogP contribution in [0.5, 0.6) is 5.75 Å². The zero-order valence-electron chi connectivity index (χ0n) is 19.0. The quantitative estimate of drug-likeness (QED) is 0.604. The molecule has 4 rings (SSSR count). The Hall–Kier alpha value is -3.57. The van der Waals surface area contributed by atoms with Crippen molar-refractivity contribution in [2.45, 2.75) is 25.6 Å². The van der Waals surface area contributed by atoms with Crippen molar-refractivity contribution in [1.82, 2.24) is 30.5 Å². The van der Waals surface area contributed by atoms with Crippen LogP contribution in [-0.2, 0) is 11.2 Å². The zero-order chi connectivity index (χ0) is 24.8. The molecule has 2 saturated heterocycles. The van der Waals surface area contributed by atoms with E-state index in [-0.39, 0.29) is 17.7 Å². The summed E-state index contributed by atoms with van der Waals surface area (Å²) in [4.78, 5) is 28.8. The third kappa shape index (κ3) is 6.96. The highest BCUT2D eigenvalue weighted by molar-refractivity contribution is 5.91. The van der Waals surface area contributed by atoms with Gasteiger partial charge < -0.3 is 19.9 Å². The summed E-state index contributed by atoms with van der Waals surface area (Å²) in [6, 6.07) is 5.27. The Balaban J connectivity index is 1.22. The maximum absolute atomic E-state index is 12.7. The van der Waals surface area contributed by atoms with Crippen LogP contribution in [0.25, 0.3) is 6.08 Å². The topological polar surface area (TPSA) is 103 Å². The van der Waals surface area contributed by atoms with E-state index in [2.05, 4.69) is 25.5 Å². The Kier molecular flexibility index (Phi) is 7.57. The van der Waals surface area contributed by atoms with Crippen molar-refractivity contribution < 1.29 is 27.5 Å². The molecule has 0 saturated carbocycles. The van der Waals surface area contributed by atoms with Gasteiger partial charge >= 0.3 is 12.4 Å². The minimum Gasteiger partial charge on any atom is -0.406 e. The number of likely N-dealkylation sites (tertiary alicyclic amines) is 2. The Morgan fingerprint density at radius 1 is 1.11 bits per heavy atom. The predicted octanol–water partition coefficient (Wildman–Crippen LogP) is 2.84. The number of rotatable bonds is 6. The Bertz CT molecular complexity index is 1010. The van der Waals surface area contributed by atoms with Gasteiger partial charge in [0.1, 0.15) is 5.75 Å². The molecule has 1 aromatic carbocycles. The molecule has 188 valence electrons. The second-order valence-corrected chi connectivity index (χ2v) is 8.74. The lowest BCUT2D eigenvalue weighted by Gasteiger charge is -2.21. The summed E-state index contributed by atoms with van der Waals surface area (Å²) >= 11 is 0. The first-order valence-electron chi connectivity index (χ1n) is 11.5. The molecule has 0 radical (unpaired) electrons. The molecule has 3 heterocycles. The number of aromatic nitrogens is 3. The fourth-order valence-corrected chi connectivity index (χ4v) is 4.54. The molecular formula is C23H27F3N6O3. The molecule has 2 N–H and O–H groups in total. The average molecular weight is 493 g/mol. The largest absolute Gasteiger partial charge is 0.573 e. The minimum atomic E-state index is -4.74. The number of ether oxygens (including phenoxy) is 1. The van der Waals surface area contributed by atoms with Crippen LogP contribution in [0.4, 0.5) is 18.0 Å². The van der Waals surface area contributed by atoms with Crippen LogP contribution in [0.3, 0.4) is 0 Å². The third-order valence-electron chi connectivity index (χ3n) is 6.38. The van der Waals surface area contributed by atoms with E-state index in [0.29, 0.717) is 56.5 Å². The van der Waals surface area contributed by atoms with Crippen molar-refractivity contribution in [3.8, 4) is 5.75 Å². The Labute approximate surface area is 200 Å². The van der Waals surface area contributed by atoms with Gasteiger partial charge in [-0.15, -0.1) is 18.3 Å². The Morgan fingerprint density at radius 3 is 2.40 bits per heavy atom. The molecule has 3 amide bonds. The van der Waals surface area contributed by atoms with Gasteiger partial charge in [-0.1, -0.05) is 17.3 Å². The van der Waals surface area contributed by atoms with E-state index >= 15 is 0 Å². The summed E-state index contributed by atoms with van der Waals surface area (Å²) < 4.78 is 40.6. The number of alkyl halides is 3. The summed E-state index contributed by atoms with van der Waals surface area (Å²) in [6.45, 7) is 3.05. The van der Waals surface area contributed by atoms with Crippen LogP contribution in [0, 0.1) is 11.8 Å². The number of halogens is 3. The van der Waals surface area contributed by atoms with E-state index in [0.717, 1.165) is 18.5 Å². The SMILES string of the molecule is O=C(/C=C/c1ccc(OC(F)(F)F)cc1)N1CCC2CN(C(=O)NCCc3cnn[nH]3)CC2CC1. The number of carbonyl (C=O) groups is 2. The molecule has 0 spiro atoms. The van der Waals surface area contributed by atoms with Crippen molar-refractivity contribution >= 4 is 18.0 Å². The van der Waals surface area contributed by atoms with Gasteiger partial charge in [0.2, 0.25) is 5.91 Å². The molecule has 0 bridgehead atoms. The maximum Gasteiger partial charge on any atom is 0.573 e. The molecule has 2 unspecified atom stereocenters. The first-order valence-corrected chi connectivity index (χ1v) is 11.5. The second-order valence-electron chi connectivity index (χ2n) is 8.74. The highest BCUT2D eigenvalue weighted by Crippen LogP contribution is 2.32. The van der Waals surface area contributed by atoms with E-state index < -0.39 is 6.36 Å². The normalized spacial score (nSPS) is 20.5. The van der Waals surface area contributed by atoms with Crippen LogP contribution in [0.1, 0.15) is 24.1 Å². The monoisotopic (exact) mass is 492 g/mol. The lowest BCUT2D eigenvalue weighted by Crippen LogP contribution is -2.40. The van der Waals surface area contributed by atoms with Crippen molar-refractivity contribution in [3.05, 3.63) is 47.8 Å². The zero-order valence-corrected chi connectivity index (χ0v) is 19.0. The van der Waals surface area contributed by atoms with E-state index in [4.69, 9.17) is 0 Å². The number of urea groups is 1. The summed E-state index contributed by atoms with van der Waals surface area (Å²) in [5.41, 5.74) is 1.47. The van der Waals surface area contributed by atoms with Crippen molar-refractivity contribution in [1.29, 1.82) is 0 Å². The smallest absolute Gasteiger partial charge is 0.406 e. The van der Waals surface area contributed by atoms with Gasteiger partial charge in [-0.05, 0) is 48.4 Å². The summed E-state index contributed by atoms with van der Waals surface area (Å²) in [5.74, 6) is 0.252. The summed E-state index contributed by atoms with van der Waals surface area (Å²) in [7, 11) is 0.